The third-order valence-electron chi connectivity index (χ3n) is 3.75. The first-order chi connectivity index (χ1) is 13.5. The fourth-order valence-electron chi connectivity index (χ4n) is 2.49. The van der Waals surface area contributed by atoms with Gasteiger partial charge in [-0.2, -0.15) is 0 Å². The van der Waals surface area contributed by atoms with Crippen LogP contribution in [0.25, 0.3) is 0 Å². The zero-order chi connectivity index (χ0) is 19.9. The summed E-state index contributed by atoms with van der Waals surface area (Å²) < 4.78 is 10.9. The van der Waals surface area contributed by atoms with Crippen LogP contribution >= 0.6 is 0 Å². The van der Waals surface area contributed by atoms with Crippen molar-refractivity contribution in [3.05, 3.63) is 66.4 Å². The summed E-state index contributed by atoms with van der Waals surface area (Å²) in [4.78, 5) is 12.4. The summed E-state index contributed by atoms with van der Waals surface area (Å²) >= 11 is 0. The molecule has 7 nitrogen and oxygen atoms in total. The van der Waals surface area contributed by atoms with Crippen LogP contribution in [0.5, 0.6) is 11.5 Å². The molecule has 0 saturated heterocycles. The molecule has 3 rings (SSSR count). The second-order valence-electron chi connectivity index (χ2n) is 6.27. The van der Waals surface area contributed by atoms with E-state index in [2.05, 4.69) is 20.8 Å². The van der Waals surface area contributed by atoms with Gasteiger partial charge in [-0.25, -0.2) is 0 Å². The highest BCUT2D eigenvalue weighted by Gasteiger charge is 2.10. The number of para-hydroxylation sites is 2. The third kappa shape index (κ3) is 4.97. The maximum atomic E-state index is 12.4. The van der Waals surface area contributed by atoms with Gasteiger partial charge in [0.15, 0.2) is 11.5 Å². The number of carbonyl (C=O) groups is 1. The number of hydrogen-bond acceptors (Lipinski definition) is 6. The normalized spacial score (nSPS) is 10.4. The minimum absolute atomic E-state index is 0.0960. The fourth-order valence-corrected chi connectivity index (χ4v) is 2.49. The molecule has 28 heavy (non-hydrogen) atoms. The zero-order valence-electron chi connectivity index (χ0n) is 16.0. The third-order valence-corrected chi connectivity index (χ3v) is 3.75. The van der Waals surface area contributed by atoms with Gasteiger partial charge in [-0.3, -0.25) is 4.79 Å². The van der Waals surface area contributed by atoms with Crippen LogP contribution in [0, 0.1) is 0 Å². The number of ether oxygens (including phenoxy) is 2. The first-order valence-electron chi connectivity index (χ1n) is 8.87. The van der Waals surface area contributed by atoms with Crippen LogP contribution in [0.4, 0.5) is 17.2 Å². The molecule has 2 aromatic carbocycles. The van der Waals surface area contributed by atoms with Crippen molar-refractivity contribution in [1.29, 1.82) is 0 Å². The van der Waals surface area contributed by atoms with Crippen molar-refractivity contribution in [2.24, 2.45) is 0 Å². The average molecular weight is 378 g/mol. The lowest BCUT2D eigenvalue weighted by molar-refractivity contribution is 0.102. The van der Waals surface area contributed by atoms with Gasteiger partial charge in [-0.1, -0.05) is 12.1 Å². The zero-order valence-corrected chi connectivity index (χ0v) is 16.0. The van der Waals surface area contributed by atoms with E-state index in [0.717, 1.165) is 11.4 Å². The maximum Gasteiger partial charge on any atom is 0.276 e. The van der Waals surface area contributed by atoms with E-state index < -0.39 is 0 Å². The molecule has 3 aromatic rings. The van der Waals surface area contributed by atoms with Crippen LogP contribution in [0.2, 0.25) is 0 Å². The van der Waals surface area contributed by atoms with Crippen LogP contribution in [-0.4, -0.2) is 29.3 Å². The summed E-state index contributed by atoms with van der Waals surface area (Å²) in [5, 5.41) is 14.0. The standard InChI is InChI=1S/C21H22N4O3/c1-14(2)28-16-10-8-15(9-11-16)22-21(26)18-12-13-20(25-24-18)23-17-6-4-5-7-19(17)27-3/h4-14H,1-3H3,(H,22,26)(H,23,25). The Hall–Kier alpha value is -3.61. The smallest absolute Gasteiger partial charge is 0.276 e. The Bertz CT molecular complexity index is 925. The minimum atomic E-state index is -0.339. The summed E-state index contributed by atoms with van der Waals surface area (Å²) in [7, 11) is 1.60. The lowest BCUT2D eigenvalue weighted by atomic mass is 10.2. The van der Waals surface area contributed by atoms with Gasteiger partial charge in [0.1, 0.15) is 11.5 Å². The van der Waals surface area contributed by atoms with Gasteiger partial charge < -0.3 is 20.1 Å². The molecule has 0 radical (unpaired) electrons. The number of aromatic nitrogens is 2. The van der Waals surface area contributed by atoms with Gasteiger partial charge in [0.05, 0.1) is 18.9 Å². The Morgan fingerprint density at radius 1 is 0.964 bits per heavy atom. The molecule has 0 aliphatic carbocycles. The number of carbonyl (C=O) groups excluding carboxylic acids is 1. The Morgan fingerprint density at radius 3 is 2.36 bits per heavy atom. The number of hydrogen-bond donors (Lipinski definition) is 2. The summed E-state index contributed by atoms with van der Waals surface area (Å²) in [6, 6.07) is 17.9. The topological polar surface area (TPSA) is 85.4 Å². The number of amides is 1. The molecule has 0 spiro atoms. The number of benzene rings is 2. The second kappa shape index (κ2) is 8.85. The van der Waals surface area contributed by atoms with Crippen molar-refractivity contribution < 1.29 is 14.3 Å². The molecule has 0 aliphatic rings. The quantitative estimate of drug-likeness (QED) is 0.639. The van der Waals surface area contributed by atoms with Gasteiger partial charge in [0, 0.05) is 5.69 Å². The Labute approximate surface area is 163 Å². The molecule has 0 unspecified atom stereocenters. The van der Waals surface area contributed by atoms with Gasteiger partial charge in [0.25, 0.3) is 5.91 Å². The summed E-state index contributed by atoms with van der Waals surface area (Å²) in [5.74, 6) is 1.61. The van der Waals surface area contributed by atoms with Crippen molar-refractivity contribution in [3.8, 4) is 11.5 Å². The van der Waals surface area contributed by atoms with Gasteiger partial charge >= 0.3 is 0 Å². The van der Waals surface area contributed by atoms with E-state index in [4.69, 9.17) is 9.47 Å². The largest absolute Gasteiger partial charge is 0.495 e. The van der Waals surface area contributed by atoms with Crippen LogP contribution in [0.1, 0.15) is 24.3 Å². The van der Waals surface area contributed by atoms with Crippen LogP contribution < -0.4 is 20.1 Å². The Morgan fingerprint density at radius 2 is 1.71 bits per heavy atom. The Kier molecular flexibility index (Phi) is 6.06. The number of anilines is 3. The SMILES string of the molecule is COc1ccccc1Nc1ccc(C(=O)Nc2ccc(OC(C)C)cc2)nn1. The minimum Gasteiger partial charge on any atom is -0.495 e. The molecule has 0 saturated carbocycles. The maximum absolute atomic E-state index is 12.4. The first kappa shape index (κ1) is 19.2. The molecule has 144 valence electrons. The molecule has 0 fully saturated rings. The van der Waals surface area contributed by atoms with Crippen LogP contribution in [0.3, 0.4) is 0 Å². The van der Waals surface area contributed by atoms with Crippen LogP contribution in [0.15, 0.2) is 60.7 Å². The van der Waals surface area contributed by atoms with Crippen molar-refractivity contribution in [1.82, 2.24) is 10.2 Å². The van der Waals surface area contributed by atoms with Crippen molar-refractivity contribution in [2.75, 3.05) is 17.7 Å². The predicted octanol–water partition coefficient (Wildman–Crippen LogP) is 4.27. The first-order valence-corrected chi connectivity index (χ1v) is 8.87. The fraction of sp³-hybridized carbons (Fsp3) is 0.190. The van der Waals surface area contributed by atoms with Crippen LogP contribution in [-0.2, 0) is 0 Å². The lowest BCUT2D eigenvalue weighted by Gasteiger charge is -2.11. The van der Waals surface area contributed by atoms with E-state index in [-0.39, 0.29) is 17.7 Å². The van der Waals surface area contributed by atoms with E-state index >= 15 is 0 Å². The van der Waals surface area contributed by atoms with Gasteiger partial charge in [0.2, 0.25) is 0 Å². The molecule has 1 heterocycles. The molecule has 2 N–H and O–H groups in total. The molecule has 1 amide bonds. The molecule has 0 aliphatic heterocycles. The monoisotopic (exact) mass is 378 g/mol. The molecule has 1 aromatic heterocycles. The molecule has 0 atom stereocenters. The van der Waals surface area contributed by atoms with Crippen molar-refractivity contribution in [2.45, 2.75) is 20.0 Å². The summed E-state index contributed by atoms with van der Waals surface area (Å²) in [5.41, 5.74) is 1.63. The second-order valence-corrected chi connectivity index (χ2v) is 6.27. The summed E-state index contributed by atoms with van der Waals surface area (Å²) in [6.07, 6.45) is 0.0960. The number of methoxy groups -OCH3 is 1. The number of nitrogens with zero attached hydrogens (tertiary/aromatic N) is 2. The predicted molar refractivity (Wildman–Crippen MR) is 108 cm³/mol. The van der Waals surface area contributed by atoms with E-state index in [9.17, 15) is 4.79 Å². The van der Waals surface area contributed by atoms with E-state index in [1.165, 1.54) is 0 Å². The van der Waals surface area contributed by atoms with Gasteiger partial charge in [-0.15, -0.1) is 10.2 Å². The number of rotatable bonds is 7. The summed E-state index contributed by atoms with van der Waals surface area (Å²) in [6.45, 7) is 3.92. The van der Waals surface area contributed by atoms with E-state index in [1.54, 1.807) is 31.4 Å². The van der Waals surface area contributed by atoms with E-state index in [1.807, 2.05) is 50.2 Å². The lowest BCUT2D eigenvalue weighted by Crippen LogP contribution is -2.14. The van der Waals surface area contributed by atoms with E-state index in [0.29, 0.717) is 17.3 Å². The number of nitrogens with one attached hydrogen (secondary N) is 2. The molecule has 0 bridgehead atoms. The van der Waals surface area contributed by atoms with Crippen molar-refractivity contribution >= 4 is 23.1 Å². The molecular weight excluding hydrogens is 356 g/mol. The highest BCUT2D eigenvalue weighted by atomic mass is 16.5. The van der Waals surface area contributed by atoms with Gasteiger partial charge in [-0.05, 0) is 62.4 Å². The highest BCUT2D eigenvalue weighted by Crippen LogP contribution is 2.26. The highest BCUT2D eigenvalue weighted by molar-refractivity contribution is 6.02. The molecular formula is C21H22N4O3. The average Bonchev–Trinajstić information content (AvgIpc) is 2.70. The Balaban J connectivity index is 1.63. The van der Waals surface area contributed by atoms with Crippen molar-refractivity contribution in [3.63, 3.8) is 0 Å². The molecule has 7 heteroatoms.